The zero-order chi connectivity index (χ0) is 14.5. The van der Waals surface area contributed by atoms with Gasteiger partial charge >= 0.3 is 0 Å². The van der Waals surface area contributed by atoms with E-state index in [0.29, 0.717) is 18.4 Å². The summed E-state index contributed by atoms with van der Waals surface area (Å²) in [6.07, 6.45) is 10.8. The van der Waals surface area contributed by atoms with Crippen LogP contribution in [0.1, 0.15) is 57.8 Å². The second kappa shape index (κ2) is 7.59. The van der Waals surface area contributed by atoms with Crippen LogP contribution in [0.15, 0.2) is 0 Å². The third-order valence-electron chi connectivity index (χ3n) is 5.46. The fourth-order valence-corrected chi connectivity index (χ4v) is 4.20. The molecule has 4 heteroatoms. The lowest BCUT2D eigenvalue weighted by Crippen LogP contribution is -2.47. The maximum absolute atomic E-state index is 12.1. The molecule has 1 N–H and O–H groups in total. The van der Waals surface area contributed by atoms with Crippen LogP contribution in [-0.2, 0) is 9.53 Å². The Morgan fingerprint density at radius 3 is 2.48 bits per heavy atom. The Morgan fingerprint density at radius 1 is 1.05 bits per heavy atom. The minimum atomic E-state index is 0.241. The lowest BCUT2D eigenvalue weighted by Gasteiger charge is -2.36. The molecule has 0 aromatic carbocycles. The molecule has 0 spiro atoms. The van der Waals surface area contributed by atoms with E-state index in [-0.39, 0.29) is 5.91 Å². The smallest absolute Gasteiger partial charge is 0.220 e. The molecule has 1 saturated carbocycles. The van der Waals surface area contributed by atoms with Crippen molar-refractivity contribution in [1.82, 2.24) is 10.2 Å². The highest BCUT2D eigenvalue weighted by atomic mass is 16.5. The van der Waals surface area contributed by atoms with E-state index in [1.54, 1.807) is 0 Å². The van der Waals surface area contributed by atoms with E-state index in [4.69, 9.17) is 4.74 Å². The predicted octanol–water partition coefficient (Wildman–Crippen LogP) is 2.33. The second-order valence-corrected chi connectivity index (χ2v) is 7.10. The lowest BCUT2D eigenvalue weighted by molar-refractivity contribution is -0.124. The molecule has 1 aliphatic carbocycles. The van der Waals surface area contributed by atoms with Gasteiger partial charge in [-0.25, -0.2) is 0 Å². The van der Waals surface area contributed by atoms with Gasteiger partial charge < -0.3 is 15.0 Å². The molecule has 4 nitrogen and oxygen atoms in total. The molecule has 0 unspecified atom stereocenters. The highest BCUT2D eigenvalue weighted by molar-refractivity contribution is 5.76. The highest BCUT2D eigenvalue weighted by Gasteiger charge is 2.28. The molecule has 0 aromatic heterocycles. The predicted molar refractivity (Wildman–Crippen MR) is 83.2 cm³/mol. The van der Waals surface area contributed by atoms with E-state index in [2.05, 4.69) is 10.2 Å². The summed E-state index contributed by atoms with van der Waals surface area (Å²) in [5, 5.41) is 3.26. The van der Waals surface area contributed by atoms with Crippen LogP contribution < -0.4 is 5.32 Å². The van der Waals surface area contributed by atoms with Crippen LogP contribution in [0.25, 0.3) is 0 Å². The van der Waals surface area contributed by atoms with Crippen molar-refractivity contribution in [2.75, 3.05) is 26.3 Å². The summed E-state index contributed by atoms with van der Waals surface area (Å²) in [6, 6.07) is 1.24. The number of nitrogens with zero attached hydrogens (tertiary/aromatic N) is 1. The summed E-state index contributed by atoms with van der Waals surface area (Å²) >= 11 is 0. The number of rotatable bonds is 4. The first-order valence-electron chi connectivity index (χ1n) is 8.92. The van der Waals surface area contributed by atoms with Crippen LogP contribution in [0.2, 0.25) is 0 Å². The van der Waals surface area contributed by atoms with E-state index in [1.807, 2.05) is 0 Å². The standard InChI is InChI=1S/C17H30N2O2/c20-17(12-14-4-3-11-21-13-14)18-15-7-9-19(10-8-15)16-5-1-2-6-16/h14-16H,1-13H2,(H,18,20)/t14-/m1/s1. The lowest BCUT2D eigenvalue weighted by atomic mass is 9.97. The number of piperidine rings is 1. The van der Waals surface area contributed by atoms with Gasteiger partial charge in [0.15, 0.2) is 0 Å². The molecule has 1 amide bonds. The van der Waals surface area contributed by atoms with Crippen molar-refractivity contribution in [1.29, 1.82) is 0 Å². The van der Waals surface area contributed by atoms with Gasteiger partial charge in [-0.05, 0) is 44.4 Å². The third kappa shape index (κ3) is 4.43. The van der Waals surface area contributed by atoms with Crippen LogP contribution >= 0.6 is 0 Å². The molecule has 2 saturated heterocycles. The molecule has 21 heavy (non-hydrogen) atoms. The van der Waals surface area contributed by atoms with Crippen molar-refractivity contribution >= 4 is 5.91 Å². The Bertz CT molecular complexity index is 328. The number of ether oxygens (including phenoxy) is 1. The monoisotopic (exact) mass is 294 g/mol. The van der Waals surface area contributed by atoms with Crippen molar-refractivity contribution < 1.29 is 9.53 Å². The Balaban J connectivity index is 1.35. The molecule has 2 aliphatic heterocycles. The quantitative estimate of drug-likeness (QED) is 0.865. The summed E-state index contributed by atoms with van der Waals surface area (Å²) in [6.45, 7) is 3.98. The number of hydrogen-bond acceptors (Lipinski definition) is 3. The number of nitrogens with one attached hydrogen (secondary N) is 1. The van der Waals surface area contributed by atoms with E-state index < -0.39 is 0 Å². The summed E-state index contributed by atoms with van der Waals surface area (Å²) in [5.41, 5.74) is 0. The van der Waals surface area contributed by atoms with Gasteiger partial charge in [-0.2, -0.15) is 0 Å². The molecular weight excluding hydrogens is 264 g/mol. The van der Waals surface area contributed by atoms with Crippen molar-refractivity contribution in [3.8, 4) is 0 Å². The first-order valence-corrected chi connectivity index (χ1v) is 8.92. The van der Waals surface area contributed by atoms with Crippen molar-refractivity contribution in [2.45, 2.75) is 69.9 Å². The molecule has 120 valence electrons. The maximum Gasteiger partial charge on any atom is 0.220 e. The van der Waals surface area contributed by atoms with Gasteiger partial charge in [0, 0.05) is 44.8 Å². The average molecular weight is 294 g/mol. The molecule has 0 aromatic rings. The van der Waals surface area contributed by atoms with Crippen LogP contribution in [0, 0.1) is 5.92 Å². The number of carbonyl (C=O) groups is 1. The van der Waals surface area contributed by atoms with Gasteiger partial charge in [-0.1, -0.05) is 12.8 Å². The van der Waals surface area contributed by atoms with Gasteiger partial charge in [-0.3, -0.25) is 4.79 Å². The third-order valence-corrected chi connectivity index (χ3v) is 5.46. The van der Waals surface area contributed by atoms with E-state index in [1.165, 1.54) is 38.8 Å². The van der Waals surface area contributed by atoms with Gasteiger partial charge in [0.05, 0.1) is 0 Å². The van der Waals surface area contributed by atoms with Crippen LogP contribution in [-0.4, -0.2) is 49.2 Å². The molecular formula is C17H30N2O2. The molecule has 3 fully saturated rings. The summed E-state index contributed by atoms with van der Waals surface area (Å²) in [7, 11) is 0. The normalized spacial score (nSPS) is 29.6. The van der Waals surface area contributed by atoms with Crippen molar-refractivity contribution in [3.05, 3.63) is 0 Å². The van der Waals surface area contributed by atoms with E-state index in [0.717, 1.165) is 44.9 Å². The minimum Gasteiger partial charge on any atom is -0.381 e. The largest absolute Gasteiger partial charge is 0.381 e. The SMILES string of the molecule is O=C(C[C@H]1CCCOC1)NC1CCN(C2CCCC2)CC1. The molecule has 2 heterocycles. The molecule has 3 rings (SSSR count). The zero-order valence-corrected chi connectivity index (χ0v) is 13.2. The summed E-state index contributed by atoms with van der Waals surface area (Å²) in [5.74, 6) is 0.683. The van der Waals surface area contributed by atoms with E-state index in [9.17, 15) is 4.79 Å². The Labute approximate surface area is 128 Å². The van der Waals surface area contributed by atoms with Crippen LogP contribution in [0.4, 0.5) is 0 Å². The number of carbonyl (C=O) groups excluding carboxylic acids is 1. The topological polar surface area (TPSA) is 41.6 Å². The number of likely N-dealkylation sites (tertiary alicyclic amines) is 1. The highest BCUT2D eigenvalue weighted by Crippen LogP contribution is 2.26. The average Bonchev–Trinajstić information content (AvgIpc) is 3.03. The van der Waals surface area contributed by atoms with Crippen molar-refractivity contribution in [2.24, 2.45) is 5.92 Å². The fourth-order valence-electron chi connectivity index (χ4n) is 4.20. The molecule has 0 bridgehead atoms. The van der Waals surface area contributed by atoms with Gasteiger partial charge in [0.2, 0.25) is 5.91 Å². The Morgan fingerprint density at radius 2 is 1.81 bits per heavy atom. The number of amides is 1. The fraction of sp³-hybridized carbons (Fsp3) is 0.941. The van der Waals surface area contributed by atoms with Crippen LogP contribution in [0.3, 0.4) is 0 Å². The van der Waals surface area contributed by atoms with Gasteiger partial charge in [0.25, 0.3) is 0 Å². The van der Waals surface area contributed by atoms with Gasteiger partial charge in [0.1, 0.15) is 0 Å². The maximum atomic E-state index is 12.1. The Kier molecular flexibility index (Phi) is 5.53. The second-order valence-electron chi connectivity index (χ2n) is 7.10. The Hall–Kier alpha value is -0.610. The minimum absolute atomic E-state index is 0.241. The van der Waals surface area contributed by atoms with Crippen molar-refractivity contribution in [3.63, 3.8) is 0 Å². The first kappa shape index (κ1) is 15.3. The van der Waals surface area contributed by atoms with Crippen LogP contribution in [0.5, 0.6) is 0 Å². The molecule has 1 atom stereocenters. The molecule has 3 aliphatic rings. The molecule has 0 radical (unpaired) electrons. The summed E-state index contributed by atoms with van der Waals surface area (Å²) in [4.78, 5) is 14.8. The number of hydrogen-bond donors (Lipinski definition) is 1. The zero-order valence-electron chi connectivity index (χ0n) is 13.2. The first-order chi connectivity index (χ1) is 10.3. The summed E-state index contributed by atoms with van der Waals surface area (Å²) < 4.78 is 5.46. The van der Waals surface area contributed by atoms with Gasteiger partial charge in [-0.15, -0.1) is 0 Å². The van der Waals surface area contributed by atoms with E-state index >= 15 is 0 Å².